The molecule has 0 radical (unpaired) electrons. The van der Waals surface area contributed by atoms with Crippen molar-refractivity contribution in [2.75, 3.05) is 7.11 Å². The highest BCUT2D eigenvalue weighted by molar-refractivity contribution is 6.24. The molecule has 4 aromatic rings. The van der Waals surface area contributed by atoms with E-state index in [4.69, 9.17) is 9.47 Å². The second kappa shape index (κ2) is 4.61. The lowest BCUT2D eigenvalue weighted by Crippen LogP contribution is -2.13. The summed E-state index contributed by atoms with van der Waals surface area (Å²) >= 11 is 0. The molecular weight excluding hydrogens is 260 g/mol. The number of benzene rings is 4. The summed E-state index contributed by atoms with van der Waals surface area (Å²) in [6.07, 6.45) is -0.261. The van der Waals surface area contributed by atoms with Gasteiger partial charge in [-0.1, -0.05) is 42.5 Å². The van der Waals surface area contributed by atoms with Crippen LogP contribution in [0.25, 0.3) is 32.3 Å². The van der Waals surface area contributed by atoms with E-state index in [-0.39, 0.29) is 6.29 Å². The summed E-state index contributed by atoms with van der Waals surface area (Å²) in [5.41, 5.74) is 0. The van der Waals surface area contributed by atoms with Crippen LogP contribution in [0.3, 0.4) is 0 Å². The van der Waals surface area contributed by atoms with Crippen LogP contribution in [0.5, 0.6) is 5.75 Å². The lowest BCUT2D eigenvalue weighted by molar-refractivity contribution is -0.0373. The van der Waals surface area contributed by atoms with Crippen LogP contribution in [-0.2, 0) is 4.74 Å². The Balaban J connectivity index is 2.10. The highest BCUT2D eigenvalue weighted by atomic mass is 16.7. The van der Waals surface area contributed by atoms with Gasteiger partial charge < -0.3 is 9.47 Å². The zero-order valence-electron chi connectivity index (χ0n) is 12.1. The molecule has 0 spiro atoms. The predicted molar refractivity (Wildman–Crippen MR) is 87.2 cm³/mol. The molecule has 21 heavy (non-hydrogen) atoms. The van der Waals surface area contributed by atoms with Crippen LogP contribution in [0.1, 0.15) is 6.92 Å². The fourth-order valence-electron chi connectivity index (χ4n) is 3.04. The Hall–Kier alpha value is -2.32. The Bertz CT molecular complexity index is 911. The van der Waals surface area contributed by atoms with Gasteiger partial charge in [0.1, 0.15) is 5.75 Å². The van der Waals surface area contributed by atoms with Crippen LogP contribution in [0.2, 0.25) is 0 Å². The van der Waals surface area contributed by atoms with Gasteiger partial charge in [-0.2, -0.15) is 0 Å². The van der Waals surface area contributed by atoms with E-state index >= 15 is 0 Å². The van der Waals surface area contributed by atoms with Gasteiger partial charge in [-0.3, -0.25) is 0 Å². The molecule has 2 nitrogen and oxygen atoms in total. The average Bonchev–Trinajstić information content (AvgIpc) is 2.53. The lowest BCUT2D eigenvalue weighted by Gasteiger charge is -2.17. The highest BCUT2D eigenvalue weighted by Crippen LogP contribution is 2.38. The SMILES string of the molecule is COC(C)Oc1ccc2ccc3cccc4ccc1c2c34. The molecule has 0 bridgehead atoms. The van der Waals surface area contributed by atoms with Gasteiger partial charge in [-0.15, -0.1) is 0 Å². The average molecular weight is 276 g/mol. The highest BCUT2D eigenvalue weighted by Gasteiger charge is 2.12. The molecule has 0 N–H and O–H groups in total. The van der Waals surface area contributed by atoms with Gasteiger partial charge in [0.05, 0.1) is 0 Å². The monoisotopic (exact) mass is 276 g/mol. The van der Waals surface area contributed by atoms with Gasteiger partial charge in [-0.25, -0.2) is 0 Å². The van der Waals surface area contributed by atoms with Crippen molar-refractivity contribution in [2.24, 2.45) is 0 Å². The van der Waals surface area contributed by atoms with E-state index < -0.39 is 0 Å². The summed E-state index contributed by atoms with van der Waals surface area (Å²) in [5.74, 6) is 0.870. The molecule has 0 aliphatic carbocycles. The van der Waals surface area contributed by atoms with Crippen LogP contribution in [0.4, 0.5) is 0 Å². The summed E-state index contributed by atoms with van der Waals surface area (Å²) in [6, 6.07) is 19.2. The second-order valence-corrected chi connectivity index (χ2v) is 5.34. The number of hydrogen-bond donors (Lipinski definition) is 0. The third-order valence-electron chi connectivity index (χ3n) is 4.11. The molecule has 0 amide bonds. The molecule has 0 saturated carbocycles. The molecule has 0 saturated heterocycles. The van der Waals surface area contributed by atoms with E-state index in [1.165, 1.54) is 26.9 Å². The van der Waals surface area contributed by atoms with Crippen molar-refractivity contribution in [1.82, 2.24) is 0 Å². The fourth-order valence-corrected chi connectivity index (χ4v) is 3.04. The van der Waals surface area contributed by atoms with Crippen LogP contribution >= 0.6 is 0 Å². The standard InChI is InChI=1S/C19H16O2/c1-12(20-2)21-17-11-9-15-7-6-13-4-3-5-14-8-10-16(17)19(15)18(13)14/h3-12H,1-2H3. The zero-order chi connectivity index (χ0) is 14.4. The number of hydrogen-bond acceptors (Lipinski definition) is 2. The Labute approximate surface area is 123 Å². The van der Waals surface area contributed by atoms with Crippen LogP contribution in [0, 0.1) is 0 Å². The molecule has 104 valence electrons. The van der Waals surface area contributed by atoms with E-state index in [0.717, 1.165) is 11.1 Å². The fraction of sp³-hybridized carbons (Fsp3) is 0.158. The maximum atomic E-state index is 5.90. The van der Waals surface area contributed by atoms with E-state index in [1.807, 2.05) is 13.0 Å². The Morgan fingerprint density at radius 2 is 1.38 bits per heavy atom. The first-order chi connectivity index (χ1) is 10.3. The predicted octanol–water partition coefficient (Wildman–Crippen LogP) is 4.96. The van der Waals surface area contributed by atoms with Crippen molar-refractivity contribution >= 4 is 32.3 Å². The minimum Gasteiger partial charge on any atom is -0.465 e. The third kappa shape index (κ3) is 1.83. The summed E-state index contributed by atoms with van der Waals surface area (Å²) < 4.78 is 11.1. The number of methoxy groups -OCH3 is 1. The largest absolute Gasteiger partial charge is 0.465 e. The smallest absolute Gasteiger partial charge is 0.196 e. The molecule has 4 aromatic carbocycles. The zero-order valence-corrected chi connectivity index (χ0v) is 12.1. The molecule has 0 aromatic heterocycles. The molecule has 2 heteroatoms. The van der Waals surface area contributed by atoms with Gasteiger partial charge in [-0.05, 0) is 40.6 Å². The third-order valence-corrected chi connectivity index (χ3v) is 4.11. The minimum absolute atomic E-state index is 0.261. The van der Waals surface area contributed by atoms with Crippen molar-refractivity contribution in [1.29, 1.82) is 0 Å². The first-order valence-electron chi connectivity index (χ1n) is 7.14. The van der Waals surface area contributed by atoms with E-state index in [9.17, 15) is 0 Å². The minimum atomic E-state index is -0.261. The van der Waals surface area contributed by atoms with Crippen molar-refractivity contribution in [3.8, 4) is 5.75 Å². The molecule has 4 rings (SSSR count). The molecule has 0 heterocycles. The van der Waals surface area contributed by atoms with E-state index in [0.29, 0.717) is 0 Å². The van der Waals surface area contributed by atoms with Crippen LogP contribution < -0.4 is 4.74 Å². The molecule has 1 atom stereocenters. The summed E-state index contributed by atoms with van der Waals surface area (Å²) in [5, 5.41) is 7.49. The van der Waals surface area contributed by atoms with Gasteiger partial charge >= 0.3 is 0 Å². The molecule has 1 unspecified atom stereocenters. The van der Waals surface area contributed by atoms with Crippen LogP contribution in [-0.4, -0.2) is 13.4 Å². The first kappa shape index (κ1) is 12.4. The van der Waals surface area contributed by atoms with Crippen molar-refractivity contribution < 1.29 is 9.47 Å². The summed E-state index contributed by atoms with van der Waals surface area (Å²) in [7, 11) is 1.65. The van der Waals surface area contributed by atoms with Gasteiger partial charge in [0.25, 0.3) is 0 Å². The quantitative estimate of drug-likeness (QED) is 0.389. The van der Waals surface area contributed by atoms with Gasteiger partial charge in [0.2, 0.25) is 0 Å². The summed E-state index contributed by atoms with van der Waals surface area (Å²) in [4.78, 5) is 0. The van der Waals surface area contributed by atoms with Gasteiger partial charge in [0, 0.05) is 17.9 Å². The lowest BCUT2D eigenvalue weighted by atomic mass is 9.94. The molecule has 0 fully saturated rings. The van der Waals surface area contributed by atoms with E-state index in [2.05, 4.69) is 48.5 Å². The summed E-state index contributed by atoms with van der Waals surface area (Å²) in [6.45, 7) is 1.90. The second-order valence-electron chi connectivity index (χ2n) is 5.34. The number of rotatable bonds is 3. The van der Waals surface area contributed by atoms with Crippen molar-refractivity contribution in [2.45, 2.75) is 13.2 Å². The first-order valence-corrected chi connectivity index (χ1v) is 7.14. The maximum absolute atomic E-state index is 5.90. The molecule has 0 aliphatic heterocycles. The molecule has 0 aliphatic rings. The van der Waals surface area contributed by atoms with Crippen LogP contribution in [0.15, 0.2) is 54.6 Å². The van der Waals surface area contributed by atoms with Crippen molar-refractivity contribution in [3.63, 3.8) is 0 Å². The Morgan fingerprint density at radius 1 is 0.762 bits per heavy atom. The topological polar surface area (TPSA) is 18.5 Å². The van der Waals surface area contributed by atoms with Gasteiger partial charge in [0.15, 0.2) is 6.29 Å². The Morgan fingerprint density at radius 3 is 2.10 bits per heavy atom. The molecular formula is C19H16O2. The normalized spacial score (nSPS) is 13.2. The number of ether oxygens (including phenoxy) is 2. The van der Waals surface area contributed by atoms with E-state index in [1.54, 1.807) is 7.11 Å². The van der Waals surface area contributed by atoms with Crippen molar-refractivity contribution in [3.05, 3.63) is 54.6 Å². The maximum Gasteiger partial charge on any atom is 0.196 e. The Kier molecular flexibility index (Phi) is 2.72.